The molecule has 0 radical (unpaired) electrons. The Hall–Kier alpha value is -0.900. The van der Waals surface area contributed by atoms with Gasteiger partial charge in [0, 0.05) is 11.0 Å². The highest BCUT2D eigenvalue weighted by atomic mass is 32.1. The van der Waals surface area contributed by atoms with Crippen molar-refractivity contribution < 1.29 is 9.13 Å². The zero-order valence-corrected chi connectivity index (χ0v) is 6.86. The van der Waals surface area contributed by atoms with Gasteiger partial charge >= 0.3 is 0 Å². The Balaban J connectivity index is 3.21. The smallest absolute Gasteiger partial charge is 0.147 e. The molecule has 0 aromatic heterocycles. The van der Waals surface area contributed by atoms with Crippen molar-refractivity contribution in [1.29, 1.82) is 0 Å². The molecule has 0 aliphatic rings. The minimum absolute atomic E-state index is 0.0691. The quantitative estimate of drug-likeness (QED) is 0.501. The normalized spacial score (nSPS) is 9.73. The maximum Gasteiger partial charge on any atom is 0.147 e. The van der Waals surface area contributed by atoms with E-state index in [1.807, 2.05) is 0 Å². The first kappa shape index (κ1) is 8.20. The number of hydrogen-bond donors (Lipinski definition) is 2. The third-order valence-corrected chi connectivity index (χ3v) is 1.65. The van der Waals surface area contributed by atoms with Crippen molar-refractivity contribution in [1.82, 2.24) is 0 Å². The summed E-state index contributed by atoms with van der Waals surface area (Å²) in [5, 5.41) is 0. The Morgan fingerprint density at radius 2 is 2.18 bits per heavy atom. The fraction of sp³-hybridized carbons (Fsp3) is 0.143. The lowest BCUT2D eigenvalue weighted by Crippen LogP contribution is -1.93. The van der Waals surface area contributed by atoms with Gasteiger partial charge in [0.25, 0.3) is 0 Å². The van der Waals surface area contributed by atoms with Crippen LogP contribution in [0.3, 0.4) is 0 Å². The number of thiol groups is 1. The predicted molar refractivity (Wildman–Crippen MR) is 44.6 cm³/mol. The standard InChI is InChI=1S/C7H8FNOS/c1-10-6-3-5(9)4(8)2-7(6)11/h2-3,11H,9H2,1H3. The molecule has 11 heavy (non-hydrogen) atoms. The van der Waals surface area contributed by atoms with Crippen LogP contribution in [-0.4, -0.2) is 7.11 Å². The summed E-state index contributed by atoms with van der Waals surface area (Å²) in [7, 11) is 1.48. The molecular formula is C7H8FNOS. The number of methoxy groups -OCH3 is 1. The average Bonchev–Trinajstić information content (AvgIpc) is 1.97. The van der Waals surface area contributed by atoms with Crippen molar-refractivity contribution in [2.75, 3.05) is 12.8 Å². The van der Waals surface area contributed by atoms with Crippen molar-refractivity contribution in [3.8, 4) is 5.75 Å². The minimum Gasteiger partial charge on any atom is -0.496 e. The van der Waals surface area contributed by atoms with E-state index in [2.05, 4.69) is 12.6 Å². The zero-order chi connectivity index (χ0) is 8.43. The van der Waals surface area contributed by atoms with Gasteiger partial charge in [-0.15, -0.1) is 12.6 Å². The maximum atomic E-state index is 12.7. The van der Waals surface area contributed by atoms with Crippen LogP contribution in [0.4, 0.5) is 10.1 Å². The molecule has 0 amide bonds. The number of hydrogen-bond acceptors (Lipinski definition) is 3. The lowest BCUT2D eigenvalue weighted by molar-refractivity contribution is 0.404. The van der Waals surface area contributed by atoms with Gasteiger partial charge in [-0.25, -0.2) is 4.39 Å². The summed E-state index contributed by atoms with van der Waals surface area (Å²) in [6.07, 6.45) is 0. The highest BCUT2D eigenvalue weighted by Gasteiger charge is 2.04. The number of halogens is 1. The molecule has 1 aromatic carbocycles. The Morgan fingerprint density at radius 1 is 1.55 bits per heavy atom. The van der Waals surface area contributed by atoms with E-state index in [9.17, 15) is 4.39 Å². The van der Waals surface area contributed by atoms with E-state index in [0.717, 1.165) is 0 Å². The molecule has 0 atom stereocenters. The molecule has 1 rings (SSSR count). The van der Waals surface area contributed by atoms with Gasteiger partial charge in [-0.3, -0.25) is 0 Å². The third kappa shape index (κ3) is 1.57. The van der Waals surface area contributed by atoms with Gasteiger partial charge < -0.3 is 10.5 Å². The van der Waals surface area contributed by atoms with Crippen molar-refractivity contribution in [3.05, 3.63) is 17.9 Å². The van der Waals surface area contributed by atoms with Gasteiger partial charge in [-0.1, -0.05) is 0 Å². The number of anilines is 1. The van der Waals surface area contributed by atoms with E-state index in [1.165, 1.54) is 19.2 Å². The fourth-order valence-corrected chi connectivity index (χ4v) is 0.991. The highest BCUT2D eigenvalue weighted by Crippen LogP contribution is 2.26. The molecule has 0 fully saturated rings. The van der Waals surface area contributed by atoms with Crippen LogP contribution in [0, 0.1) is 5.82 Å². The van der Waals surface area contributed by atoms with Crippen LogP contribution in [0.1, 0.15) is 0 Å². The first-order valence-electron chi connectivity index (χ1n) is 2.97. The van der Waals surface area contributed by atoms with Gasteiger partial charge in [-0.05, 0) is 6.07 Å². The topological polar surface area (TPSA) is 35.2 Å². The van der Waals surface area contributed by atoms with E-state index in [0.29, 0.717) is 10.6 Å². The Labute approximate surface area is 69.6 Å². The summed E-state index contributed by atoms with van der Waals surface area (Å²) < 4.78 is 17.5. The zero-order valence-electron chi connectivity index (χ0n) is 5.97. The van der Waals surface area contributed by atoms with Crippen LogP contribution in [0.5, 0.6) is 5.75 Å². The van der Waals surface area contributed by atoms with Gasteiger partial charge in [0.1, 0.15) is 11.6 Å². The van der Waals surface area contributed by atoms with Crippen LogP contribution in [0.15, 0.2) is 17.0 Å². The summed E-state index contributed by atoms with van der Waals surface area (Å²) in [6, 6.07) is 2.62. The van der Waals surface area contributed by atoms with Crippen molar-refractivity contribution in [2.24, 2.45) is 0 Å². The summed E-state index contributed by atoms with van der Waals surface area (Å²) in [5.74, 6) is 0.00281. The van der Waals surface area contributed by atoms with Crippen molar-refractivity contribution >= 4 is 18.3 Å². The van der Waals surface area contributed by atoms with E-state index in [-0.39, 0.29) is 5.69 Å². The van der Waals surface area contributed by atoms with Crippen LogP contribution >= 0.6 is 12.6 Å². The van der Waals surface area contributed by atoms with Crippen molar-refractivity contribution in [3.63, 3.8) is 0 Å². The molecule has 60 valence electrons. The average molecular weight is 173 g/mol. The second-order valence-electron chi connectivity index (χ2n) is 2.05. The lowest BCUT2D eigenvalue weighted by Gasteiger charge is -2.04. The van der Waals surface area contributed by atoms with Gasteiger partial charge in [0.15, 0.2) is 0 Å². The molecule has 0 saturated carbocycles. The number of nitrogen functional groups attached to an aromatic ring is 1. The van der Waals surface area contributed by atoms with Gasteiger partial charge in [0.2, 0.25) is 0 Å². The molecule has 4 heteroatoms. The highest BCUT2D eigenvalue weighted by molar-refractivity contribution is 7.80. The molecular weight excluding hydrogens is 165 g/mol. The van der Waals surface area contributed by atoms with Crippen molar-refractivity contribution in [2.45, 2.75) is 4.90 Å². The lowest BCUT2D eigenvalue weighted by atomic mass is 10.3. The van der Waals surface area contributed by atoms with Crippen LogP contribution in [0.2, 0.25) is 0 Å². The predicted octanol–water partition coefficient (Wildman–Crippen LogP) is 1.71. The number of ether oxygens (including phenoxy) is 1. The second kappa shape index (κ2) is 3.00. The van der Waals surface area contributed by atoms with Crippen LogP contribution in [0.25, 0.3) is 0 Å². The van der Waals surface area contributed by atoms with Crippen LogP contribution < -0.4 is 10.5 Å². The largest absolute Gasteiger partial charge is 0.496 e. The van der Waals surface area contributed by atoms with E-state index < -0.39 is 5.82 Å². The fourth-order valence-electron chi connectivity index (χ4n) is 0.722. The summed E-state index contributed by atoms with van der Waals surface area (Å²) in [4.78, 5) is 0.444. The number of rotatable bonds is 1. The molecule has 0 aliphatic heterocycles. The third-order valence-electron chi connectivity index (χ3n) is 1.30. The molecule has 0 heterocycles. The molecule has 0 bridgehead atoms. The molecule has 0 unspecified atom stereocenters. The van der Waals surface area contributed by atoms with Gasteiger partial charge in [-0.2, -0.15) is 0 Å². The summed E-state index contributed by atoms with van der Waals surface area (Å²) in [5.41, 5.74) is 5.35. The molecule has 2 nitrogen and oxygen atoms in total. The SMILES string of the molecule is COc1cc(N)c(F)cc1S. The van der Waals surface area contributed by atoms with E-state index >= 15 is 0 Å². The first-order chi connectivity index (χ1) is 5.15. The Bertz CT molecular complexity index is 277. The molecule has 0 spiro atoms. The Kier molecular flexibility index (Phi) is 2.24. The van der Waals surface area contributed by atoms with Gasteiger partial charge in [0.05, 0.1) is 12.8 Å². The van der Waals surface area contributed by atoms with E-state index in [1.54, 1.807) is 0 Å². The number of nitrogens with two attached hydrogens (primary N) is 1. The van der Waals surface area contributed by atoms with Crippen LogP contribution in [-0.2, 0) is 0 Å². The maximum absolute atomic E-state index is 12.7. The molecule has 1 aromatic rings. The number of benzene rings is 1. The molecule has 2 N–H and O–H groups in total. The first-order valence-corrected chi connectivity index (χ1v) is 3.42. The summed E-state index contributed by atoms with van der Waals surface area (Å²) in [6.45, 7) is 0. The second-order valence-corrected chi connectivity index (χ2v) is 2.53. The monoisotopic (exact) mass is 173 g/mol. The minimum atomic E-state index is -0.476. The van der Waals surface area contributed by atoms with E-state index in [4.69, 9.17) is 10.5 Å². The Morgan fingerprint density at radius 3 is 2.73 bits per heavy atom. The summed E-state index contributed by atoms with van der Waals surface area (Å²) >= 11 is 3.97. The molecule has 0 aliphatic carbocycles. The molecule has 0 saturated heterocycles.